The molecule has 9 heteroatoms. The number of hydrogen-bond donors (Lipinski definition) is 0. The van der Waals surface area contributed by atoms with Crippen LogP contribution in [0.1, 0.15) is 18.1 Å². The van der Waals surface area contributed by atoms with Gasteiger partial charge >= 0.3 is 0 Å². The molecule has 1 aliphatic heterocycles. The molecule has 3 aromatic carbocycles. The van der Waals surface area contributed by atoms with Gasteiger partial charge in [0, 0.05) is 22.2 Å². The molecule has 2 heterocycles. The van der Waals surface area contributed by atoms with Gasteiger partial charge in [0.05, 0.1) is 17.2 Å². The minimum absolute atomic E-state index is 0.150. The van der Waals surface area contributed by atoms with E-state index in [1.807, 2.05) is 91.2 Å². The lowest BCUT2D eigenvalue weighted by Gasteiger charge is -2.15. The van der Waals surface area contributed by atoms with Crippen molar-refractivity contribution >= 4 is 62.7 Å². The van der Waals surface area contributed by atoms with Crippen molar-refractivity contribution in [2.24, 2.45) is 4.99 Å². The number of aromatic nitrogens is 1. The van der Waals surface area contributed by atoms with Gasteiger partial charge in [0.1, 0.15) is 6.61 Å². The van der Waals surface area contributed by atoms with Crippen LogP contribution in [0.5, 0.6) is 11.5 Å². The first-order valence-corrected chi connectivity index (χ1v) is 13.6. The number of amidine groups is 1. The number of nitrogens with zero attached hydrogens (tertiary/aromatic N) is 3. The number of rotatable bonds is 8. The number of amides is 1. The number of para-hydroxylation sites is 1. The van der Waals surface area contributed by atoms with Crippen LogP contribution in [0.15, 0.2) is 94.3 Å². The van der Waals surface area contributed by atoms with Gasteiger partial charge in [0.2, 0.25) is 5.13 Å². The number of hydrogen-bond acceptors (Lipinski definition) is 7. The fraction of sp³-hybridized carbons (Fsp3) is 0.107. The Balaban J connectivity index is 1.43. The third-order valence-electron chi connectivity index (χ3n) is 5.34. The van der Waals surface area contributed by atoms with Crippen molar-refractivity contribution in [3.63, 3.8) is 0 Å². The SMILES string of the molecule is CCOc1cc(/C=C2\S/C(=N/c3nccs3)N(c3ccccc3)C2=O)ccc1OCc1ccccc1Cl. The molecule has 1 aromatic heterocycles. The van der Waals surface area contributed by atoms with Crippen molar-refractivity contribution in [3.8, 4) is 11.5 Å². The van der Waals surface area contributed by atoms with E-state index in [4.69, 9.17) is 21.1 Å². The Morgan fingerprint density at radius 2 is 1.84 bits per heavy atom. The van der Waals surface area contributed by atoms with Crippen LogP contribution in [-0.4, -0.2) is 22.7 Å². The number of thiazole rings is 1. The second-order valence-corrected chi connectivity index (χ2v) is 10.1. The zero-order valence-electron chi connectivity index (χ0n) is 19.8. The van der Waals surface area contributed by atoms with Gasteiger partial charge in [-0.2, -0.15) is 4.99 Å². The summed E-state index contributed by atoms with van der Waals surface area (Å²) < 4.78 is 11.9. The topological polar surface area (TPSA) is 64.0 Å². The molecule has 1 saturated heterocycles. The van der Waals surface area contributed by atoms with Crippen molar-refractivity contribution in [2.45, 2.75) is 13.5 Å². The summed E-state index contributed by atoms with van der Waals surface area (Å²) >= 11 is 9.00. The molecule has 1 amide bonds. The van der Waals surface area contributed by atoms with Crippen molar-refractivity contribution in [3.05, 3.63) is 105 Å². The summed E-state index contributed by atoms with van der Waals surface area (Å²) in [6, 6.07) is 22.6. The van der Waals surface area contributed by atoms with E-state index in [2.05, 4.69) is 9.98 Å². The Morgan fingerprint density at radius 1 is 1.03 bits per heavy atom. The quantitative estimate of drug-likeness (QED) is 0.213. The summed E-state index contributed by atoms with van der Waals surface area (Å²) in [4.78, 5) is 24.5. The van der Waals surface area contributed by atoms with E-state index in [0.717, 1.165) is 16.8 Å². The standard InChI is InChI=1S/C28H22ClN3O3S2/c1-2-34-24-16-19(12-13-23(24)35-18-20-8-6-7-11-22(20)29)17-25-26(33)32(21-9-4-3-5-10-21)28(37-25)31-27-30-14-15-36-27/h3-17H,2,18H2,1H3/b25-17-,31-28+. The Hall–Kier alpha value is -3.59. The lowest BCUT2D eigenvalue weighted by atomic mass is 10.1. The molecule has 0 saturated carbocycles. The second-order valence-electron chi connectivity index (χ2n) is 7.82. The summed E-state index contributed by atoms with van der Waals surface area (Å²) in [6.07, 6.45) is 3.54. The van der Waals surface area contributed by atoms with Gasteiger partial charge in [0.15, 0.2) is 16.7 Å². The van der Waals surface area contributed by atoms with E-state index < -0.39 is 0 Å². The number of anilines is 1. The molecule has 1 aliphatic rings. The molecule has 5 rings (SSSR count). The first-order valence-electron chi connectivity index (χ1n) is 11.5. The smallest absolute Gasteiger partial charge is 0.271 e. The van der Waals surface area contributed by atoms with E-state index in [9.17, 15) is 4.79 Å². The molecular formula is C28H22ClN3O3S2. The molecule has 0 N–H and O–H groups in total. The van der Waals surface area contributed by atoms with Crippen LogP contribution in [0, 0.1) is 0 Å². The molecule has 186 valence electrons. The highest BCUT2D eigenvalue weighted by Crippen LogP contribution is 2.38. The van der Waals surface area contributed by atoms with Gasteiger partial charge in [-0.25, -0.2) is 4.98 Å². The predicted molar refractivity (Wildman–Crippen MR) is 152 cm³/mol. The molecule has 0 spiro atoms. The molecule has 0 unspecified atom stereocenters. The number of aliphatic imine (C=N–C) groups is 1. The van der Waals surface area contributed by atoms with Gasteiger partial charge in [-0.1, -0.05) is 54.1 Å². The van der Waals surface area contributed by atoms with Crippen molar-refractivity contribution < 1.29 is 14.3 Å². The summed E-state index contributed by atoms with van der Waals surface area (Å²) in [5.74, 6) is 1.05. The number of carbonyl (C=O) groups is 1. The summed E-state index contributed by atoms with van der Waals surface area (Å²) in [5, 5.41) is 3.66. The van der Waals surface area contributed by atoms with Gasteiger partial charge in [0.25, 0.3) is 5.91 Å². The van der Waals surface area contributed by atoms with Crippen LogP contribution in [0.3, 0.4) is 0 Å². The lowest BCUT2D eigenvalue weighted by molar-refractivity contribution is -0.113. The zero-order valence-corrected chi connectivity index (χ0v) is 22.2. The van der Waals surface area contributed by atoms with E-state index >= 15 is 0 Å². The van der Waals surface area contributed by atoms with Gasteiger partial charge in [-0.15, -0.1) is 11.3 Å². The number of ether oxygens (including phenoxy) is 2. The summed E-state index contributed by atoms with van der Waals surface area (Å²) in [5.41, 5.74) is 2.45. The first kappa shape index (κ1) is 25.1. The average molecular weight is 548 g/mol. The van der Waals surface area contributed by atoms with Crippen molar-refractivity contribution in [2.75, 3.05) is 11.5 Å². The Bertz CT molecular complexity index is 1460. The van der Waals surface area contributed by atoms with E-state index in [1.165, 1.54) is 23.1 Å². The molecule has 0 bridgehead atoms. The van der Waals surface area contributed by atoms with Crippen LogP contribution in [0.4, 0.5) is 10.8 Å². The van der Waals surface area contributed by atoms with Gasteiger partial charge in [-0.05, 0) is 60.7 Å². The largest absolute Gasteiger partial charge is 0.490 e. The minimum Gasteiger partial charge on any atom is -0.490 e. The van der Waals surface area contributed by atoms with E-state index in [1.54, 1.807) is 11.1 Å². The predicted octanol–water partition coefficient (Wildman–Crippen LogP) is 7.58. The van der Waals surface area contributed by atoms with Gasteiger partial charge < -0.3 is 9.47 Å². The molecule has 37 heavy (non-hydrogen) atoms. The highest BCUT2D eigenvalue weighted by molar-refractivity contribution is 8.19. The fourth-order valence-corrected chi connectivity index (χ4v) is 5.37. The molecule has 1 fully saturated rings. The van der Waals surface area contributed by atoms with Crippen molar-refractivity contribution in [1.82, 2.24) is 4.98 Å². The maximum Gasteiger partial charge on any atom is 0.271 e. The summed E-state index contributed by atoms with van der Waals surface area (Å²) in [6.45, 7) is 2.71. The molecule has 6 nitrogen and oxygen atoms in total. The van der Waals surface area contributed by atoms with Crippen LogP contribution >= 0.6 is 34.7 Å². The molecule has 0 atom stereocenters. The van der Waals surface area contributed by atoms with Crippen LogP contribution < -0.4 is 14.4 Å². The minimum atomic E-state index is -0.150. The highest BCUT2D eigenvalue weighted by Gasteiger charge is 2.35. The zero-order chi connectivity index (χ0) is 25.6. The van der Waals surface area contributed by atoms with E-state index in [0.29, 0.717) is 44.9 Å². The van der Waals surface area contributed by atoms with Crippen LogP contribution in [0.2, 0.25) is 5.02 Å². The van der Waals surface area contributed by atoms with Gasteiger partial charge in [-0.3, -0.25) is 9.69 Å². The number of halogens is 1. The maximum atomic E-state index is 13.5. The third-order valence-corrected chi connectivity index (χ3v) is 7.34. The molecule has 4 aromatic rings. The molecule has 0 radical (unpaired) electrons. The monoisotopic (exact) mass is 547 g/mol. The third kappa shape index (κ3) is 5.88. The Labute approximate surface area is 228 Å². The normalized spacial score (nSPS) is 15.5. The Morgan fingerprint density at radius 3 is 2.59 bits per heavy atom. The average Bonchev–Trinajstić information content (AvgIpc) is 3.53. The highest BCUT2D eigenvalue weighted by atomic mass is 35.5. The fourth-order valence-electron chi connectivity index (χ4n) is 3.63. The first-order chi connectivity index (χ1) is 18.1. The summed E-state index contributed by atoms with van der Waals surface area (Å²) in [7, 11) is 0. The molecule has 0 aliphatic carbocycles. The number of carbonyl (C=O) groups excluding carboxylic acids is 1. The van der Waals surface area contributed by atoms with Crippen molar-refractivity contribution in [1.29, 1.82) is 0 Å². The molecular weight excluding hydrogens is 526 g/mol. The maximum absolute atomic E-state index is 13.5. The number of benzene rings is 3. The lowest BCUT2D eigenvalue weighted by Crippen LogP contribution is -2.28. The Kier molecular flexibility index (Phi) is 7.89. The van der Waals surface area contributed by atoms with E-state index in [-0.39, 0.29) is 5.91 Å². The van der Waals surface area contributed by atoms with Crippen LogP contribution in [0.25, 0.3) is 6.08 Å². The second kappa shape index (κ2) is 11.6. The van der Waals surface area contributed by atoms with Crippen LogP contribution in [-0.2, 0) is 11.4 Å². The number of thioether (sulfide) groups is 1.